The lowest BCUT2D eigenvalue weighted by Gasteiger charge is -2.14. The maximum atomic E-state index is 11.8. The fourth-order valence-electron chi connectivity index (χ4n) is 0.933. The number of hydrogen-bond acceptors (Lipinski definition) is 4. The van der Waals surface area contributed by atoms with Crippen LogP contribution in [-0.2, 0) is 19.6 Å². The number of halogens is 3. The average Bonchev–Trinajstić information content (AvgIpc) is 2.30. The molecule has 2 N–H and O–H groups in total. The van der Waals surface area contributed by atoms with Crippen molar-refractivity contribution in [2.75, 3.05) is 25.4 Å². The number of carbonyl (C=O) groups excluding carboxylic acids is 1. The summed E-state index contributed by atoms with van der Waals surface area (Å²) in [6.07, 6.45) is -5.75. The van der Waals surface area contributed by atoms with Crippen molar-refractivity contribution in [2.24, 2.45) is 0 Å². The predicted molar refractivity (Wildman–Crippen MR) is 61.9 cm³/mol. The summed E-state index contributed by atoms with van der Waals surface area (Å²) >= 11 is 0. The second-order valence-corrected chi connectivity index (χ2v) is 5.75. The van der Waals surface area contributed by atoms with Crippen molar-refractivity contribution in [3.8, 4) is 0 Å². The molecule has 0 heterocycles. The van der Waals surface area contributed by atoms with Gasteiger partial charge in [-0.3, -0.25) is 4.79 Å². The Morgan fingerprint density at radius 3 is 2.37 bits per heavy atom. The SMILES string of the molecule is CCS(=O)(=O)NCCNC(=O)[C@H](C)OCC(F)(F)F. The van der Waals surface area contributed by atoms with Crippen molar-refractivity contribution >= 4 is 15.9 Å². The van der Waals surface area contributed by atoms with Crippen LogP contribution in [0.1, 0.15) is 13.8 Å². The third-order valence-electron chi connectivity index (χ3n) is 1.99. The summed E-state index contributed by atoms with van der Waals surface area (Å²) in [4.78, 5) is 11.3. The average molecular weight is 306 g/mol. The van der Waals surface area contributed by atoms with Gasteiger partial charge in [-0.15, -0.1) is 0 Å². The van der Waals surface area contributed by atoms with Crippen LogP contribution >= 0.6 is 0 Å². The lowest BCUT2D eigenvalue weighted by Crippen LogP contribution is -2.40. The largest absolute Gasteiger partial charge is 0.411 e. The Morgan fingerprint density at radius 1 is 1.32 bits per heavy atom. The summed E-state index contributed by atoms with van der Waals surface area (Å²) in [6.45, 7) is 1.06. The Bertz CT molecular complexity index is 383. The molecule has 0 unspecified atom stereocenters. The van der Waals surface area contributed by atoms with Crippen molar-refractivity contribution in [2.45, 2.75) is 26.1 Å². The van der Waals surface area contributed by atoms with Crippen molar-refractivity contribution < 1.29 is 31.1 Å². The van der Waals surface area contributed by atoms with Gasteiger partial charge in [-0.1, -0.05) is 0 Å². The fraction of sp³-hybridized carbons (Fsp3) is 0.889. The van der Waals surface area contributed by atoms with Gasteiger partial charge in [-0.25, -0.2) is 13.1 Å². The van der Waals surface area contributed by atoms with Crippen LogP contribution in [0.25, 0.3) is 0 Å². The van der Waals surface area contributed by atoms with E-state index in [9.17, 15) is 26.4 Å². The van der Waals surface area contributed by atoms with Crippen molar-refractivity contribution in [3.05, 3.63) is 0 Å². The van der Waals surface area contributed by atoms with Gasteiger partial charge in [0.25, 0.3) is 0 Å². The topological polar surface area (TPSA) is 84.5 Å². The van der Waals surface area contributed by atoms with Crippen LogP contribution in [0.5, 0.6) is 0 Å². The van der Waals surface area contributed by atoms with Gasteiger partial charge >= 0.3 is 6.18 Å². The molecule has 0 aromatic carbocycles. The van der Waals surface area contributed by atoms with E-state index in [1.165, 1.54) is 13.8 Å². The maximum Gasteiger partial charge on any atom is 0.411 e. The molecule has 0 bridgehead atoms. The maximum absolute atomic E-state index is 11.8. The van der Waals surface area contributed by atoms with Gasteiger partial charge < -0.3 is 10.1 Å². The van der Waals surface area contributed by atoms with Crippen LogP contribution in [0, 0.1) is 0 Å². The monoisotopic (exact) mass is 306 g/mol. The molecule has 1 amide bonds. The Kier molecular flexibility index (Phi) is 7.30. The van der Waals surface area contributed by atoms with Gasteiger partial charge in [0.1, 0.15) is 12.7 Å². The summed E-state index contributed by atoms with van der Waals surface area (Å²) in [5.41, 5.74) is 0. The summed E-state index contributed by atoms with van der Waals surface area (Å²) in [6, 6.07) is 0. The van der Waals surface area contributed by atoms with E-state index in [-0.39, 0.29) is 18.8 Å². The number of nitrogens with one attached hydrogen (secondary N) is 2. The van der Waals surface area contributed by atoms with E-state index in [0.717, 1.165) is 0 Å². The Balaban J connectivity index is 3.86. The quantitative estimate of drug-likeness (QED) is 0.619. The van der Waals surface area contributed by atoms with E-state index in [2.05, 4.69) is 14.8 Å². The molecule has 114 valence electrons. The van der Waals surface area contributed by atoms with Gasteiger partial charge in [-0.2, -0.15) is 13.2 Å². The number of ether oxygens (including phenoxy) is 1. The Hall–Kier alpha value is -0.870. The summed E-state index contributed by atoms with van der Waals surface area (Å²) in [5, 5.41) is 2.26. The zero-order chi connectivity index (χ0) is 15.1. The molecule has 19 heavy (non-hydrogen) atoms. The molecule has 0 radical (unpaired) electrons. The number of rotatable bonds is 8. The number of sulfonamides is 1. The zero-order valence-corrected chi connectivity index (χ0v) is 11.4. The number of alkyl halides is 3. The molecule has 0 aliphatic rings. The van der Waals surface area contributed by atoms with Gasteiger partial charge in [-0.05, 0) is 13.8 Å². The first-order valence-electron chi connectivity index (χ1n) is 5.51. The molecule has 0 spiro atoms. The van der Waals surface area contributed by atoms with Crippen molar-refractivity contribution in [1.82, 2.24) is 10.0 Å². The van der Waals surface area contributed by atoms with Crippen molar-refractivity contribution in [3.63, 3.8) is 0 Å². The Morgan fingerprint density at radius 2 is 1.89 bits per heavy atom. The van der Waals surface area contributed by atoms with Crippen LogP contribution in [0.3, 0.4) is 0 Å². The van der Waals surface area contributed by atoms with E-state index < -0.39 is 34.8 Å². The molecule has 0 saturated carbocycles. The molecule has 0 fully saturated rings. The third-order valence-corrected chi connectivity index (χ3v) is 3.40. The van der Waals surface area contributed by atoms with Gasteiger partial charge in [0, 0.05) is 13.1 Å². The van der Waals surface area contributed by atoms with E-state index in [1.807, 2.05) is 0 Å². The number of hydrogen-bond donors (Lipinski definition) is 2. The first kappa shape index (κ1) is 18.1. The van der Waals surface area contributed by atoms with E-state index in [1.54, 1.807) is 0 Å². The minimum atomic E-state index is -4.49. The normalized spacial score (nSPS) is 14.2. The highest BCUT2D eigenvalue weighted by Crippen LogP contribution is 2.15. The lowest BCUT2D eigenvalue weighted by atomic mass is 10.3. The molecule has 0 aliphatic heterocycles. The molecule has 0 aromatic rings. The molecular weight excluding hydrogens is 289 g/mol. The van der Waals surface area contributed by atoms with Gasteiger partial charge in [0.15, 0.2) is 0 Å². The second kappa shape index (κ2) is 7.65. The van der Waals surface area contributed by atoms with Crippen molar-refractivity contribution in [1.29, 1.82) is 0 Å². The van der Waals surface area contributed by atoms with Crippen LogP contribution in [0.2, 0.25) is 0 Å². The van der Waals surface area contributed by atoms with E-state index in [4.69, 9.17) is 0 Å². The highest BCUT2D eigenvalue weighted by molar-refractivity contribution is 7.89. The second-order valence-electron chi connectivity index (χ2n) is 3.66. The summed E-state index contributed by atoms with van der Waals surface area (Å²) in [5.74, 6) is -0.827. The minimum Gasteiger partial charge on any atom is -0.359 e. The zero-order valence-electron chi connectivity index (χ0n) is 10.6. The Labute approximate surface area is 109 Å². The molecule has 6 nitrogen and oxygen atoms in total. The number of amides is 1. The lowest BCUT2D eigenvalue weighted by molar-refractivity contribution is -0.185. The predicted octanol–water partition coefficient (Wildman–Crippen LogP) is 0.00930. The first-order chi connectivity index (χ1) is 8.57. The highest BCUT2D eigenvalue weighted by Gasteiger charge is 2.29. The standard InChI is InChI=1S/C9H17F3N2O4S/c1-3-19(16,17)14-5-4-13-8(15)7(2)18-6-9(10,11)12/h7,14H,3-6H2,1-2H3,(H,13,15)/t7-/m0/s1. The minimum absolute atomic E-state index is 0.0300. The van der Waals surface area contributed by atoms with Gasteiger partial charge in [0.05, 0.1) is 5.75 Å². The summed E-state index contributed by atoms with van der Waals surface area (Å²) in [7, 11) is -3.35. The molecule has 0 rings (SSSR count). The molecular formula is C9H17F3N2O4S. The van der Waals surface area contributed by atoms with Crippen LogP contribution in [-0.4, -0.2) is 52.1 Å². The smallest absolute Gasteiger partial charge is 0.359 e. The van der Waals surface area contributed by atoms with Gasteiger partial charge in [0.2, 0.25) is 15.9 Å². The highest BCUT2D eigenvalue weighted by atomic mass is 32.2. The van der Waals surface area contributed by atoms with E-state index in [0.29, 0.717) is 0 Å². The first-order valence-corrected chi connectivity index (χ1v) is 7.16. The van der Waals surface area contributed by atoms with Crippen LogP contribution in [0.15, 0.2) is 0 Å². The molecule has 0 aliphatic carbocycles. The van der Waals surface area contributed by atoms with Crippen LogP contribution < -0.4 is 10.0 Å². The van der Waals surface area contributed by atoms with E-state index >= 15 is 0 Å². The molecule has 10 heteroatoms. The number of carbonyl (C=O) groups is 1. The summed E-state index contributed by atoms with van der Waals surface area (Å²) < 4.78 is 64.0. The molecule has 0 saturated heterocycles. The fourth-order valence-corrected chi connectivity index (χ4v) is 1.55. The molecule has 1 atom stereocenters. The van der Waals surface area contributed by atoms with Crippen LogP contribution in [0.4, 0.5) is 13.2 Å². The third kappa shape index (κ3) is 9.68. The molecule has 0 aromatic heterocycles.